The Bertz CT molecular complexity index is 2520. The molecule has 0 N–H and O–H groups in total. The van der Waals surface area contributed by atoms with Gasteiger partial charge < -0.3 is 0 Å². The molecule has 0 bridgehead atoms. The van der Waals surface area contributed by atoms with Crippen LogP contribution in [0.25, 0.3) is 76.5 Å². The largest absolute Gasteiger partial charge is 0.0622 e. The third kappa shape index (κ3) is 4.78. The van der Waals surface area contributed by atoms with Gasteiger partial charge in [-0.3, -0.25) is 0 Å². The summed E-state index contributed by atoms with van der Waals surface area (Å²) in [6.07, 6.45) is 0.858. The Labute approximate surface area is 275 Å². The molecule has 0 heteroatoms. The normalized spacial score (nSPS) is 11.5. The molecule has 0 radical (unpaired) electrons. The highest BCUT2D eigenvalue weighted by Crippen LogP contribution is 2.42. The predicted molar refractivity (Wildman–Crippen MR) is 202 cm³/mol. The third-order valence-corrected chi connectivity index (χ3v) is 9.75. The summed E-state index contributed by atoms with van der Waals surface area (Å²) in [6.45, 7) is 0. The van der Waals surface area contributed by atoms with Crippen molar-refractivity contribution < 1.29 is 0 Å². The van der Waals surface area contributed by atoms with E-state index in [1.807, 2.05) is 0 Å². The highest BCUT2D eigenvalue weighted by atomic mass is 14.2. The summed E-state index contributed by atoms with van der Waals surface area (Å²) in [4.78, 5) is 0. The van der Waals surface area contributed by atoms with E-state index in [2.05, 4.69) is 182 Å². The zero-order chi connectivity index (χ0) is 31.2. The van der Waals surface area contributed by atoms with E-state index in [-0.39, 0.29) is 0 Å². The smallest absolute Gasteiger partial charge is 0.000728 e. The lowest BCUT2D eigenvalue weighted by Gasteiger charge is -2.19. The van der Waals surface area contributed by atoms with Crippen molar-refractivity contribution in [3.63, 3.8) is 0 Å². The standard InChI is InChI=1S/C47H32/c1-3-13-32(14-4-1)36-27-25-34-23-24-35-26-28-38(31-45(35)44(34)29-36)47-42-21-11-9-19-40(42)46(41-20-10-12-22-43(41)47)30-37-17-7-8-18-39(37)33-15-5-2-6-16-33/h1-29,31H,30H2. The van der Waals surface area contributed by atoms with E-state index in [0.29, 0.717) is 0 Å². The molecule has 220 valence electrons. The summed E-state index contributed by atoms with van der Waals surface area (Å²) >= 11 is 0. The lowest BCUT2D eigenvalue weighted by Crippen LogP contribution is -1.97. The molecule has 0 saturated carbocycles. The van der Waals surface area contributed by atoms with Gasteiger partial charge in [-0.05, 0) is 106 Å². The van der Waals surface area contributed by atoms with Crippen LogP contribution in [0.4, 0.5) is 0 Å². The molecule has 0 spiro atoms. The van der Waals surface area contributed by atoms with Crippen LogP contribution in [-0.4, -0.2) is 0 Å². The highest BCUT2D eigenvalue weighted by molar-refractivity contribution is 6.17. The quantitative estimate of drug-likeness (QED) is 0.137. The van der Waals surface area contributed by atoms with Gasteiger partial charge in [-0.15, -0.1) is 0 Å². The van der Waals surface area contributed by atoms with E-state index in [1.54, 1.807) is 0 Å². The molecule has 0 fully saturated rings. The van der Waals surface area contributed by atoms with E-state index in [9.17, 15) is 0 Å². The average Bonchev–Trinajstić information content (AvgIpc) is 3.15. The van der Waals surface area contributed by atoms with Crippen LogP contribution >= 0.6 is 0 Å². The highest BCUT2D eigenvalue weighted by Gasteiger charge is 2.17. The van der Waals surface area contributed by atoms with Crippen LogP contribution in [0.15, 0.2) is 182 Å². The number of benzene rings is 9. The van der Waals surface area contributed by atoms with Gasteiger partial charge in [-0.2, -0.15) is 0 Å². The zero-order valence-electron chi connectivity index (χ0n) is 26.0. The van der Waals surface area contributed by atoms with Gasteiger partial charge in [0.25, 0.3) is 0 Å². The Morgan fingerprint density at radius 1 is 0.298 bits per heavy atom. The molecule has 0 aliphatic rings. The minimum Gasteiger partial charge on any atom is -0.0622 e. The number of fused-ring (bicyclic) bond motifs is 5. The van der Waals surface area contributed by atoms with Crippen LogP contribution in [-0.2, 0) is 6.42 Å². The van der Waals surface area contributed by atoms with E-state index < -0.39 is 0 Å². The van der Waals surface area contributed by atoms with Crippen molar-refractivity contribution in [2.24, 2.45) is 0 Å². The van der Waals surface area contributed by atoms with Crippen molar-refractivity contribution in [2.45, 2.75) is 6.42 Å². The van der Waals surface area contributed by atoms with E-state index in [1.165, 1.54) is 87.6 Å². The van der Waals surface area contributed by atoms with Gasteiger partial charge >= 0.3 is 0 Å². The van der Waals surface area contributed by atoms with Crippen LogP contribution in [0.1, 0.15) is 11.1 Å². The Balaban J connectivity index is 1.27. The van der Waals surface area contributed by atoms with Gasteiger partial charge in [-0.1, -0.05) is 170 Å². The van der Waals surface area contributed by atoms with E-state index >= 15 is 0 Å². The summed E-state index contributed by atoms with van der Waals surface area (Å²) in [7, 11) is 0. The maximum absolute atomic E-state index is 2.42. The van der Waals surface area contributed by atoms with Gasteiger partial charge in [0, 0.05) is 0 Å². The van der Waals surface area contributed by atoms with Crippen molar-refractivity contribution in [3.8, 4) is 33.4 Å². The maximum atomic E-state index is 2.42. The molecule has 0 atom stereocenters. The molecule has 9 aromatic carbocycles. The van der Waals surface area contributed by atoms with Gasteiger partial charge in [0.1, 0.15) is 0 Å². The molecule has 0 amide bonds. The fourth-order valence-corrected chi connectivity index (χ4v) is 7.50. The second kappa shape index (κ2) is 11.4. The molecule has 0 heterocycles. The first-order valence-corrected chi connectivity index (χ1v) is 16.4. The Morgan fingerprint density at radius 2 is 0.766 bits per heavy atom. The van der Waals surface area contributed by atoms with Crippen molar-refractivity contribution in [1.82, 2.24) is 0 Å². The van der Waals surface area contributed by atoms with Crippen molar-refractivity contribution in [2.75, 3.05) is 0 Å². The molecule has 47 heavy (non-hydrogen) atoms. The van der Waals surface area contributed by atoms with Gasteiger partial charge in [0.15, 0.2) is 0 Å². The first-order chi connectivity index (χ1) is 23.3. The monoisotopic (exact) mass is 596 g/mol. The summed E-state index contributed by atoms with van der Waals surface area (Å²) < 4.78 is 0. The lowest BCUT2D eigenvalue weighted by atomic mass is 9.84. The summed E-state index contributed by atoms with van der Waals surface area (Å²) in [5.41, 5.74) is 10.3. The topological polar surface area (TPSA) is 0 Å². The van der Waals surface area contributed by atoms with Crippen LogP contribution in [0.2, 0.25) is 0 Å². The van der Waals surface area contributed by atoms with E-state index in [4.69, 9.17) is 0 Å². The third-order valence-electron chi connectivity index (χ3n) is 9.75. The van der Waals surface area contributed by atoms with Gasteiger partial charge in [0.05, 0.1) is 0 Å². The summed E-state index contributed by atoms with van der Waals surface area (Å²) in [5.74, 6) is 0. The fourth-order valence-electron chi connectivity index (χ4n) is 7.50. The first kappa shape index (κ1) is 27.3. The van der Waals surface area contributed by atoms with Crippen LogP contribution in [0.5, 0.6) is 0 Å². The van der Waals surface area contributed by atoms with Crippen LogP contribution in [0.3, 0.4) is 0 Å². The Kier molecular flexibility index (Phi) is 6.65. The molecule has 0 aliphatic heterocycles. The maximum Gasteiger partial charge on any atom is -0.000728 e. The second-order valence-electron chi connectivity index (χ2n) is 12.4. The van der Waals surface area contributed by atoms with E-state index in [0.717, 1.165) is 6.42 Å². The minimum atomic E-state index is 0.858. The van der Waals surface area contributed by atoms with Gasteiger partial charge in [-0.25, -0.2) is 0 Å². The molecule has 0 aliphatic carbocycles. The first-order valence-electron chi connectivity index (χ1n) is 16.4. The zero-order valence-corrected chi connectivity index (χ0v) is 26.0. The molecular weight excluding hydrogens is 565 g/mol. The number of hydrogen-bond acceptors (Lipinski definition) is 0. The predicted octanol–water partition coefficient (Wildman–Crippen LogP) is 12.9. The average molecular weight is 597 g/mol. The number of rotatable bonds is 5. The van der Waals surface area contributed by atoms with Crippen LogP contribution in [0, 0.1) is 0 Å². The summed E-state index contributed by atoms with van der Waals surface area (Å²) in [6, 6.07) is 66.7. The van der Waals surface area contributed by atoms with Crippen LogP contribution < -0.4 is 0 Å². The second-order valence-corrected chi connectivity index (χ2v) is 12.4. The number of hydrogen-bond donors (Lipinski definition) is 0. The molecular formula is C47H32. The van der Waals surface area contributed by atoms with Crippen molar-refractivity contribution in [3.05, 3.63) is 193 Å². The Hall–Kier alpha value is -5.98. The fraction of sp³-hybridized carbons (Fsp3) is 0.0213. The van der Waals surface area contributed by atoms with Gasteiger partial charge in [0.2, 0.25) is 0 Å². The molecule has 0 saturated heterocycles. The van der Waals surface area contributed by atoms with Crippen molar-refractivity contribution in [1.29, 1.82) is 0 Å². The molecule has 0 nitrogen and oxygen atoms in total. The molecule has 0 aromatic heterocycles. The SMILES string of the molecule is c1ccc(-c2ccc3ccc4ccc(-c5c6ccccc6c(Cc6ccccc6-c6ccccc6)c6ccccc56)cc4c3c2)cc1. The lowest BCUT2D eigenvalue weighted by molar-refractivity contribution is 1.23. The summed E-state index contributed by atoms with van der Waals surface area (Å²) in [5, 5.41) is 10.3. The minimum absolute atomic E-state index is 0.858. The van der Waals surface area contributed by atoms with Crippen molar-refractivity contribution >= 4 is 43.1 Å². The molecule has 9 aromatic rings. The molecule has 0 unspecified atom stereocenters. The Morgan fingerprint density at radius 3 is 1.40 bits per heavy atom. The molecule has 9 rings (SSSR count).